The molecular weight excluding hydrogens is 150 g/mol. The largest absolute Gasteiger partial charge is 0.481 e. The minimum atomic E-state index is -0.745. The molecule has 0 heterocycles. The van der Waals surface area contributed by atoms with E-state index in [-0.39, 0.29) is 5.92 Å². The summed E-state index contributed by atoms with van der Waals surface area (Å²) in [5.41, 5.74) is 4.43. The molecule has 1 fully saturated rings. The number of primary amides is 1. The third-order valence-corrected chi connectivity index (χ3v) is 1.13. The van der Waals surface area contributed by atoms with E-state index in [4.69, 9.17) is 5.11 Å². The van der Waals surface area contributed by atoms with Gasteiger partial charge in [0.05, 0.1) is 13.0 Å². The highest BCUT2D eigenvalue weighted by Gasteiger charge is 2.28. The molecule has 0 radical (unpaired) electrons. The van der Waals surface area contributed by atoms with Crippen molar-refractivity contribution in [1.29, 1.82) is 0 Å². The number of aliphatic carboxylic acids is 1. The zero-order valence-electron chi connectivity index (χ0n) is 6.24. The molecule has 0 aromatic heterocycles. The SMILES string of the molecule is COC(N)=O.O=C(O)C1CC1. The molecule has 1 saturated carbocycles. The van der Waals surface area contributed by atoms with Crippen molar-refractivity contribution < 1.29 is 19.4 Å². The predicted molar refractivity (Wildman–Crippen MR) is 37.0 cm³/mol. The van der Waals surface area contributed by atoms with Gasteiger partial charge in [0.2, 0.25) is 0 Å². The molecule has 64 valence electrons. The van der Waals surface area contributed by atoms with E-state index in [9.17, 15) is 9.59 Å². The lowest BCUT2D eigenvalue weighted by molar-refractivity contribution is -0.138. The number of hydrogen-bond acceptors (Lipinski definition) is 3. The molecule has 11 heavy (non-hydrogen) atoms. The minimum Gasteiger partial charge on any atom is -0.481 e. The highest BCUT2D eigenvalue weighted by molar-refractivity contribution is 5.72. The van der Waals surface area contributed by atoms with Crippen LogP contribution in [0, 0.1) is 5.92 Å². The van der Waals surface area contributed by atoms with Crippen molar-refractivity contribution in [1.82, 2.24) is 0 Å². The van der Waals surface area contributed by atoms with Crippen molar-refractivity contribution in [3.05, 3.63) is 0 Å². The summed E-state index contributed by atoms with van der Waals surface area (Å²) < 4.78 is 3.89. The molecule has 0 saturated heterocycles. The van der Waals surface area contributed by atoms with Crippen molar-refractivity contribution in [2.75, 3.05) is 7.11 Å². The van der Waals surface area contributed by atoms with Crippen LogP contribution in [0.25, 0.3) is 0 Å². The van der Waals surface area contributed by atoms with Gasteiger partial charge in [0.1, 0.15) is 0 Å². The number of hydrogen-bond donors (Lipinski definition) is 2. The number of carbonyl (C=O) groups excluding carboxylic acids is 1. The van der Waals surface area contributed by atoms with Gasteiger partial charge in [0, 0.05) is 0 Å². The Bertz CT molecular complexity index is 153. The minimum absolute atomic E-state index is 0.0185. The van der Waals surface area contributed by atoms with Gasteiger partial charge < -0.3 is 15.6 Å². The van der Waals surface area contributed by atoms with Crippen LogP contribution in [0.5, 0.6) is 0 Å². The van der Waals surface area contributed by atoms with Crippen LogP contribution in [0.1, 0.15) is 12.8 Å². The summed E-state index contributed by atoms with van der Waals surface area (Å²) in [6, 6.07) is 0. The number of carboxylic acids is 1. The summed E-state index contributed by atoms with van der Waals surface area (Å²) in [6.07, 6.45) is 1.05. The van der Waals surface area contributed by atoms with Crippen LogP contribution >= 0.6 is 0 Å². The Morgan fingerprint density at radius 2 is 1.91 bits per heavy atom. The van der Waals surface area contributed by atoms with E-state index in [0.717, 1.165) is 12.8 Å². The van der Waals surface area contributed by atoms with Gasteiger partial charge in [-0.05, 0) is 12.8 Å². The van der Waals surface area contributed by atoms with Crippen molar-refractivity contribution in [3.63, 3.8) is 0 Å². The van der Waals surface area contributed by atoms with E-state index in [0.29, 0.717) is 0 Å². The lowest BCUT2D eigenvalue weighted by Gasteiger charge is -1.81. The summed E-state index contributed by atoms with van der Waals surface area (Å²) in [6.45, 7) is 0. The van der Waals surface area contributed by atoms with Gasteiger partial charge in [0.25, 0.3) is 0 Å². The second-order valence-corrected chi connectivity index (χ2v) is 2.14. The van der Waals surface area contributed by atoms with E-state index < -0.39 is 12.1 Å². The zero-order chi connectivity index (χ0) is 8.85. The Labute approximate surface area is 64.1 Å². The van der Waals surface area contributed by atoms with Crippen LogP contribution in [0.2, 0.25) is 0 Å². The Balaban J connectivity index is 0.000000187. The lowest BCUT2D eigenvalue weighted by Crippen LogP contribution is -2.08. The Morgan fingerprint density at radius 1 is 1.55 bits per heavy atom. The van der Waals surface area contributed by atoms with E-state index in [1.807, 2.05) is 0 Å². The molecule has 1 aliphatic rings. The lowest BCUT2D eigenvalue weighted by atomic mass is 10.5. The highest BCUT2D eigenvalue weighted by Crippen LogP contribution is 2.28. The molecular formula is C6H11NO4. The molecule has 0 aromatic carbocycles. The quantitative estimate of drug-likeness (QED) is 0.574. The molecule has 5 nitrogen and oxygen atoms in total. The molecule has 1 aliphatic carbocycles. The summed E-state index contributed by atoms with van der Waals surface area (Å²) in [4.78, 5) is 19.1. The first-order chi connectivity index (χ1) is 5.07. The van der Waals surface area contributed by atoms with Crippen LogP contribution in [0.15, 0.2) is 0 Å². The molecule has 1 amide bonds. The molecule has 0 atom stereocenters. The van der Waals surface area contributed by atoms with Gasteiger partial charge in [-0.1, -0.05) is 0 Å². The van der Waals surface area contributed by atoms with Crippen LogP contribution in [-0.2, 0) is 9.53 Å². The summed E-state index contributed by atoms with van der Waals surface area (Å²) >= 11 is 0. The molecule has 3 N–H and O–H groups in total. The number of rotatable bonds is 1. The average Bonchev–Trinajstić information content (AvgIpc) is 2.69. The number of carboxylic acid groups (broad SMARTS) is 1. The second kappa shape index (κ2) is 4.54. The van der Waals surface area contributed by atoms with Crippen LogP contribution < -0.4 is 5.73 Å². The zero-order valence-corrected chi connectivity index (χ0v) is 6.24. The monoisotopic (exact) mass is 161 g/mol. The van der Waals surface area contributed by atoms with E-state index in [1.54, 1.807) is 0 Å². The fraction of sp³-hybridized carbons (Fsp3) is 0.667. The topological polar surface area (TPSA) is 89.6 Å². The summed E-state index contributed by atoms with van der Waals surface area (Å²) in [5.74, 6) is -0.611. The first-order valence-corrected chi connectivity index (χ1v) is 3.14. The highest BCUT2D eigenvalue weighted by atomic mass is 16.5. The molecule has 0 aliphatic heterocycles. The maximum absolute atomic E-state index is 9.76. The molecule has 0 spiro atoms. The van der Waals surface area contributed by atoms with E-state index in [1.165, 1.54) is 7.11 Å². The van der Waals surface area contributed by atoms with Crippen LogP contribution in [0.3, 0.4) is 0 Å². The molecule has 0 bridgehead atoms. The van der Waals surface area contributed by atoms with Gasteiger partial charge in [-0.3, -0.25) is 4.79 Å². The van der Waals surface area contributed by atoms with Crippen molar-refractivity contribution >= 4 is 12.1 Å². The first kappa shape index (κ1) is 9.74. The predicted octanol–water partition coefficient (Wildman–Crippen LogP) is 0.192. The van der Waals surface area contributed by atoms with Crippen LogP contribution in [0.4, 0.5) is 4.79 Å². The van der Waals surface area contributed by atoms with Crippen molar-refractivity contribution in [3.8, 4) is 0 Å². The van der Waals surface area contributed by atoms with E-state index >= 15 is 0 Å². The number of amides is 1. The summed E-state index contributed by atoms with van der Waals surface area (Å²) in [5, 5.41) is 8.05. The maximum Gasteiger partial charge on any atom is 0.404 e. The van der Waals surface area contributed by atoms with Gasteiger partial charge in [-0.15, -0.1) is 0 Å². The van der Waals surface area contributed by atoms with Crippen molar-refractivity contribution in [2.24, 2.45) is 11.7 Å². The number of ether oxygens (including phenoxy) is 1. The molecule has 1 rings (SSSR count). The van der Waals surface area contributed by atoms with Gasteiger partial charge in [-0.25, -0.2) is 4.79 Å². The first-order valence-electron chi connectivity index (χ1n) is 3.14. The second-order valence-electron chi connectivity index (χ2n) is 2.14. The normalized spacial score (nSPS) is 14.3. The molecule has 5 heteroatoms. The summed E-state index contributed by atoms with van der Waals surface area (Å²) in [7, 11) is 1.22. The fourth-order valence-electron chi connectivity index (χ4n) is 0.330. The number of carbonyl (C=O) groups is 2. The average molecular weight is 161 g/mol. The third kappa shape index (κ3) is 6.63. The van der Waals surface area contributed by atoms with Crippen molar-refractivity contribution in [2.45, 2.75) is 12.8 Å². The third-order valence-electron chi connectivity index (χ3n) is 1.13. The van der Waals surface area contributed by atoms with Gasteiger partial charge in [-0.2, -0.15) is 0 Å². The van der Waals surface area contributed by atoms with E-state index in [2.05, 4.69) is 10.5 Å². The Kier molecular flexibility index (Phi) is 4.02. The smallest absolute Gasteiger partial charge is 0.404 e. The fourth-order valence-corrected chi connectivity index (χ4v) is 0.330. The molecule has 0 unspecified atom stereocenters. The number of methoxy groups -OCH3 is 1. The van der Waals surface area contributed by atoms with Gasteiger partial charge >= 0.3 is 12.1 Å². The van der Waals surface area contributed by atoms with Gasteiger partial charge in [0.15, 0.2) is 0 Å². The molecule has 0 aromatic rings. The maximum atomic E-state index is 9.76. The Morgan fingerprint density at radius 3 is 1.91 bits per heavy atom. The Hall–Kier alpha value is -1.26. The number of nitrogens with two attached hydrogens (primary N) is 1. The van der Waals surface area contributed by atoms with Crippen LogP contribution in [-0.4, -0.2) is 24.3 Å². The standard InChI is InChI=1S/C4H6O2.C2H5NO2/c5-4(6)3-1-2-3;1-5-2(3)4/h3H,1-2H2,(H,5,6);1H3,(H2,3,4).